The zero-order chi connectivity index (χ0) is 24.2. The first-order valence-corrected chi connectivity index (χ1v) is 10.8. The van der Waals surface area contributed by atoms with Crippen molar-refractivity contribution in [2.75, 3.05) is 31.8 Å². The van der Waals surface area contributed by atoms with Crippen LogP contribution in [0.1, 0.15) is 27.0 Å². The van der Waals surface area contributed by atoms with Gasteiger partial charge in [0.15, 0.2) is 0 Å². The van der Waals surface area contributed by atoms with Gasteiger partial charge < -0.3 is 20.3 Å². The van der Waals surface area contributed by atoms with Crippen LogP contribution in [-0.2, 0) is 20.7 Å². The third kappa shape index (κ3) is 4.68. The number of anilines is 2. The number of fused-ring (bicyclic) bond motifs is 1. The number of likely N-dealkylation sites (N-methyl/N-ethyl adjacent to an activating group) is 1. The predicted molar refractivity (Wildman–Crippen MR) is 132 cm³/mol. The lowest BCUT2D eigenvalue weighted by Crippen LogP contribution is -2.23. The molecule has 1 heterocycles. The first-order valence-electron chi connectivity index (χ1n) is 10.8. The Morgan fingerprint density at radius 3 is 2.29 bits per heavy atom. The van der Waals surface area contributed by atoms with E-state index in [-0.39, 0.29) is 11.8 Å². The number of esters is 1. The van der Waals surface area contributed by atoms with E-state index in [1.54, 1.807) is 37.2 Å². The lowest BCUT2D eigenvalue weighted by Gasteiger charge is -2.15. The van der Waals surface area contributed by atoms with Crippen molar-refractivity contribution in [2.45, 2.75) is 6.42 Å². The van der Waals surface area contributed by atoms with Gasteiger partial charge in [-0.15, -0.1) is 0 Å². The molecule has 0 saturated heterocycles. The molecule has 0 bridgehead atoms. The Bertz CT molecular complexity index is 1280. The minimum Gasteiger partial charge on any atom is -0.465 e. The molecule has 4 rings (SSSR count). The lowest BCUT2D eigenvalue weighted by atomic mass is 9.99. The van der Waals surface area contributed by atoms with Crippen molar-refractivity contribution < 1.29 is 19.1 Å². The van der Waals surface area contributed by atoms with Crippen molar-refractivity contribution in [3.05, 3.63) is 95.1 Å². The SMILES string of the molecule is COC(=O)c1ccc2c(c1)NC(=O)/C2=C(\Nc1ccc(CC(=O)N(C)C)cc1)c1ccccc1. The molecule has 3 aromatic rings. The Morgan fingerprint density at radius 1 is 0.941 bits per heavy atom. The van der Waals surface area contributed by atoms with E-state index in [9.17, 15) is 14.4 Å². The second-order valence-electron chi connectivity index (χ2n) is 8.11. The van der Waals surface area contributed by atoms with Gasteiger partial charge in [0, 0.05) is 25.3 Å². The number of amides is 2. The number of rotatable bonds is 6. The van der Waals surface area contributed by atoms with Crippen LogP contribution < -0.4 is 10.6 Å². The van der Waals surface area contributed by atoms with Crippen LogP contribution in [0.25, 0.3) is 11.3 Å². The van der Waals surface area contributed by atoms with E-state index >= 15 is 0 Å². The molecular weight excluding hydrogens is 430 g/mol. The van der Waals surface area contributed by atoms with Crippen molar-refractivity contribution in [2.24, 2.45) is 0 Å². The quantitative estimate of drug-likeness (QED) is 0.433. The Hall–Kier alpha value is -4.39. The Kier molecular flexibility index (Phi) is 6.45. The average molecular weight is 456 g/mol. The first kappa shape index (κ1) is 22.8. The molecule has 34 heavy (non-hydrogen) atoms. The highest BCUT2D eigenvalue weighted by molar-refractivity contribution is 6.37. The normalized spacial score (nSPS) is 13.6. The molecular formula is C27H25N3O4. The molecule has 0 aliphatic carbocycles. The molecule has 0 spiro atoms. The predicted octanol–water partition coefficient (Wildman–Crippen LogP) is 4.04. The Morgan fingerprint density at radius 2 is 1.65 bits per heavy atom. The van der Waals surface area contributed by atoms with E-state index in [1.807, 2.05) is 54.6 Å². The minimum absolute atomic E-state index is 0.0263. The molecule has 1 aliphatic heterocycles. The standard InChI is InChI=1S/C27H25N3O4/c1-30(2)23(31)15-17-9-12-20(13-10-17)28-25(18-7-5-4-6-8-18)24-21-14-11-19(27(33)34-3)16-22(21)29-26(24)32/h4-14,16,28H,15H2,1-3H3,(H,29,32)/b25-24-. The molecule has 0 atom stereocenters. The Labute approximate surface area is 198 Å². The van der Waals surface area contributed by atoms with Crippen LogP contribution in [0.5, 0.6) is 0 Å². The third-order valence-corrected chi connectivity index (χ3v) is 5.58. The van der Waals surface area contributed by atoms with Crippen LogP contribution in [0.2, 0.25) is 0 Å². The fourth-order valence-corrected chi connectivity index (χ4v) is 3.73. The van der Waals surface area contributed by atoms with Gasteiger partial charge in [-0.3, -0.25) is 9.59 Å². The third-order valence-electron chi connectivity index (χ3n) is 5.58. The maximum Gasteiger partial charge on any atom is 0.337 e. The fraction of sp³-hybridized carbons (Fsp3) is 0.148. The second-order valence-corrected chi connectivity index (χ2v) is 8.11. The molecule has 0 aromatic heterocycles. The topological polar surface area (TPSA) is 87.7 Å². The molecule has 2 amide bonds. The van der Waals surface area contributed by atoms with E-state index in [0.29, 0.717) is 34.5 Å². The van der Waals surface area contributed by atoms with Crippen molar-refractivity contribution in [3.63, 3.8) is 0 Å². The molecule has 172 valence electrons. The number of nitrogens with one attached hydrogen (secondary N) is 2. The van der Waals surface area contributed by atoms with E-state index in [1.165, 1.54) is 7.11 Å². The summed E-state index contributed by atoms with van der Waals surface area (Å²) in [6.07, 6.45) is 0.318. The van der Waals surface area contributed by atoms with Gasteiger partial charge in [0.2, 0.25) is 5.91 Å². The second kappa shape index (κ2) is 9.62. The van der Waals surface area contributed by atoms with Gasteiger partial charge in [-0.05, 0) is 35.4 Å². The van der Waals surface area contributed by atoms with Gasteiger partial charge in [-0.25, -0.2) is 4.79 Å². The average Bonchev–Trinajstić information content (AvgIpc) is 3.18. The largest absolute Gasteiger partial charge is 0.465 e. The number of nitrogens with zero attached hydrogens (tertiary/aromatic N) is 1. The maximum absolute atomic E-state index is 13.1. The van der Waals surface area contributed by atoms with Crippen LogP contribution in [0.3, 0.4) is 0 Å². The monoisotopic (exact) mass is 455 g/mol. The summed E-state index contributed by atoms with van der Waals surface area (Å²) in [6.45, 7) is 0. The zero-order valence-corrected chi connectivity index (χ0v) is 19.2. The van der Waals surface area contributed by atoms with E-state index < -0.39 is 5.97 Å². The number of carbonyl (C=O) groups excluding carboxylic acids is 3. The summed E-state index contributed by atoms with van der Waals surface area (Å²) in [6, 6.07) is 22.1. The highest BCUT2D eigenvalue weighted by Crippen LogP contribution is 2.38. The molecule has 0 saturated carbocycles. The maximum atomic E-state index is 13.1. The summed E-state index contributed by atoms with van der Waals surface area (Å²) in [5, 5.41) is 6.25. The number of methoxy groups -OCH3 is 1. The molecule has 1 aliphatic rings. The van der Waals surface area contributed by atoms with Crippen LogP contribution in [0, 0.1) is 0 Å². The lowest BCUT2D eigenvalue weighted by molar-refractivity contribution is -0.128. The summed E-state index contributed by atoms with van der Waals surface area (Å²) in [5.41, 5.74) is 5.23. The number of carbonyl (C=O) groups is 3. The summed E-state index contributed by atoms with van der Waals surface area (Å²) < 4.78 is 4.79. The number of hydrogen-bond donors (Lipinski definition) is 2. The van der Waals surface area contributed by atoms with E-state index in [2.05, 4.69) is 10.6 Å². The molecule has 0 fully saturated rings. The van der Waals surface area contributed by atoms with Gasteiger partial charge >= 0.3 is 5.97 Å². The molecule has 0 unspecified atom stereocenters. The summed E-state index contributed by atoms with van der Waals surface area (Å²) in [5.74, 6) is -0.710. The van der Waals surface area contributed by atoms with Crippen LogP contribution in [-0.4, -0.2) is 43.9 Å². The molecule has 2 N–H and O–H groups in total. The summed E-state index contributed by atoms with van der Waals surface area (Å²) >= 11 is 0. The molecule has 7 nitrogen and oxygen atoms in total. The summed E-state index contributed by atoms with van der Waals surface area (Å²) in [7, 11) is 4.78. The zero-order valence-electron chi connectivity index (χ0n) is 19.2. The molecule has 7 heteroatoms. The molecule has 0 radical (unpaired) electrons. The minimum atomic E-state index is -0.469. The van der Waals surface area contributed by atoms with Gasteiger partial charge in [-0.2, -0.15) is 0 Å². The van der Waals surface area contributed by atoms with Crippen molar-refractivity contribution in [1.29, 1.82) is 0 Å². The van der Waals surface area contributed by atoms with Gasteiger partial charge in [0.25, 0.3) is 5.91 Å². The Balaban J connectivity index is 1.73. The number of hydrogen-bond acceptors (Lipinski definition) is 5. The van der Waals surface area contributed by atoms with E-state index in [0.717, 1.165) is 16.8 Å². The highest BCUT2D eigenvalue weighted by atomic mass is 16.5. The van der Waals surface area contributed by atoms with Gasteiger partial charge in [0.05, 0.1) is 36.1 Å². The number of benzene rings is 3. The smallest absolute Gasteiger partial charge is 0.337 e. The molecule has 3 aromatic carbocycles. The van der Waals surface area contributed by atoms with Crippen molar-refractivity contribution in [1.82, 2.24) is 4.90 Å². The fourth-order valence-electron chi connectivity index (χ4n) is 3.73. The van der Waals surface area contributed by atoms with Gasteiger partial charge in [-0.1, -0.05) is 48.5 Å². The van der Waals surface area contributed by atoms with Crippen LogP contribution in [0.4, 0.5) is 11.4 Å². The first-order chi connectivity index (χ1) is 16.4. The highest BCUT2D eigenvalue weighted by Gasteiger charge is 2.29. The van der Waals surface area contributed by atoms with Gasteiger partial charge in [0.1, 0.15) is 0 Å². The van der Waals surface area contributed by atoms with Crippen molar-refractivity contribution >= 4 is 40.4 Å². The summed E-state index contributed by atoms with van der Waals surface area (Å²) in [4.78, 5) is 38.5. The van der Waals surface area contributed by atoms with Crippen LogP contribution >= 0.6 is 0 Å². The van der Waals surface area contributed by atoms with Crippen molar-refractivity contribution in [3.8, 4) is 0 Å². The van der Waals surface area contributed by atoms with Crippen LogP contribution in [0.15, 0.2) is 72.8 Å². The van der Waals surface area contributed by atoms with E-state index in [4.69, 9.17) is 4.74 Å². The number of ether oxygens (including phenoxy) is 1.